The van der Waals surface area contributed by atoms with Gasteiger partial charge in [0, 0.05) is 0 Å². The molecule has 0 aliphatic carbocycles. The Bertz CT molecular complexity index is 667. The molecule has 98 valence electrons. The summed E-state index contributed by atoms with van der Waals surface area (Å²) in [7, 11) is -3.88. The molecular weight excluding hydrogens is 266 g/mol. The molecule has 0 atom stereocenters. The van der Waals surface area contributed by atoms with E-state index in [9.17, 15) is 8.42 Å². The van der Waals surface area contributed by atoms with Crippen molar-refractivity contribution in [2.75, 3.05) is 0 Å². The van der Waals surface area contributed by atoms with Crippen molar-refractivity contribution in [3.05, 3.63) is 54.6 Å². The number of nitrogens with two attached hydrogens (primary N) is 1. The van der Waals surface area contributed by atoms with Gasteiger partial charge >= 0.3 is 10.1 Å². The normalized spacial score (nSPS) is 11.8. The third kappa shape index (κ3) is 3.44. The Labute approximate surface area is 110 Å². The van der Waals surface area contributed by atoms with Gasteiger partial charge in [-0.2, -0.15) is 28.8 Å². The SMILES string of the molecule is NOS(=O)(=O)c1ccc(N=Nc2ccccc2)cc1. The van der Waals surface area contributed by atoms with Crippen LogP contribution in [0, 0.1) is 0 Å². The molecule has 0 radical (unpaired) electrons. The van der Waals surface area contributed by atoms with E-state index in [4.69, 9.17) is 0 Å². The number of hydrogen-bond acceptors (Lipinski definition) is 6. The van der Waals surface area contributed by atoms with Gasteiger partial charge in [0.2, 0.25) is 0 Å². The summed E-state index contributed by atoms with van der Waals surface area (Å²) in [5, 5.41) is 7.99. The van der Waals surface area contributed by atoms with E-state index in [0.717, 1.165) is 0 Å². The molecule has 0 spiro atoms. The van der Waals surface area contributed by atoms with Crippen LogP contribution < -0.4 is 5.90 Å². The van der Waals surface area contributed by atoms with Crippen molar-refractivity contribution in [1.82, 2.24) is 0 Å². The van der Waals surface area contributed by atoms with E-state index in [1.165, 1.54) is 24.3 Å². The number of azo groups is 1. The lowest BCUT2D eigenvalue weighted by atomic mass is 10.3. The zero-order valence-corrected chi connectivity index (χ0v) is 10.6. The maximum atomic E-state index is 11.3. The van der Waals surface area contributed by atoms with E-state index < -0.39 is 10.1 Å². The topological polar surface area (TPSA) is 94.1 Å². The molecule has 7 heteroatoms. The molecule has 0 saturated carbocycles. The number of hydrogen-bond donors (Lipinski definition) is 1. The predicted octanol–water partition coefficient (Wildman–Crippen LogP) is 2.68. The highest BCUT2D eigenvalue weighted by Gasteiger charge is 2.12. The van der Waals surface area contributed by atoms with E-state index in [-0.39, 0.29) is 4.90 Å². The van der Waals surface area contributed by atoms with Crippen LogP contribution in [0.2, 0.25) is 0 Å². The zero-order valence-electron chi connectivity index (χ0n) is 9.80. The Morgan fingerprint density at radius 1 is 0.842 bits per heavy atom. The van der Waals surface area contributed by atoms with E-state index in [2.05, 4.69) is 20.4 Å². The largest absolute Gasteiger partial charge is 0.312 e. The number of rotatable bonds is 4. The summed E-state index contributed by atoms with van der Waals surface area (Å²) in [6.07, 6.45) is 0. The first-order valence-corrected chi connectivity index (χ1v) is 6.73. The van der Waals surface area contributed by atoms with Gasteiger partial charge in [-0.15, -0.1) is 0 Å². The molecule has 2 rings (SSSR count). The van der Waals surface area contributed by atoms with Gasteiger partial charge in [-0.1, -0.05) is 18.2 Å². The molecular formula is C12H11N3O3S. The summed E-state index contributed by atoms with van der Waals surface area (Å²) < 4.78 is 26.5. The number of benzene rings is 2. The summed E-state index contributed by atoms with van der Waals surface area (Å²) >= 11 is 0. The monoisotopic (exact) mass is 277 g/mol. The van der Waals surface area contributed by atoms with Gasteiger partial charge in [-0.25, -0.2) is 0 Å². The van der Waals surface area contributed by atoms with Gasteiger partial charge < -0.3 is 0 Å². The van der Waals surface area contributed by atoms with Crippen LogP contribution in [-0.2, 0) is 14.4 Å². The third-order valence-corrected chi connectivity index (χ3v) is 3.39. The Balaban J connectivity index is 2.18. The van der Waals surface area contributed by atoms with Crippen molar-refractivity contribution in [3.63, 3.8) is 0 Å². The zero-order chi connectivity index (χ0) is 13.7. The highest BCUT2D eigenvalue weighted by atomic mass is 32.2. The molecule has 0 fully saturated rings. The van der Waals surface area contributed by atoms with Crippen molar-refractivity contribution < 1.29 is 12.7 Å². The van der Waals surface area contributed by atoms with E-state index in [0.29, 0.717) is 11.4 Å². The standard InChI is InChI=1S/C12H11N3O3S/c13-18-19(16,17)12-8-6-11(7-9-12)15-14-10-4-2-1-3-5-10/h1-9H,13H2. The second-order valence-corrected chi connectivity index (χ2v) is 5.15. The van der Waals surface area contributed by atoms with Crippen molar-refractivity contribution >= 4 is 21.5 Å². The fourth-order valence-corrected chi connectivity index (χ4v) is 1.93. The summed E-state index contributed by atoms with van der Waals surface area (Å²) in [6, 6.07) is 14.9. The molecule has 19 heavy (non-hydrogen) atoms. The molecule has 2 aromatic rings. The van der Waals surface area contributed by atoms with Crippen LogP contribution in [0.3, 0.4) is 0 Å². The summed E-state index contributed by atoms with van der Waals surface area (Å²) in [5.41, 5.74) is 1.24. The molecule has 0 heterocycles. The van der Waals surface area contributed by atoms with E-state index in [1.54, 1.807) is 0 Å². The molecule has 0 unspecified atom stereocenters. The van der Waals surface area contributed by atoms with Gasteiger partial charge in [0.1, 0.15) is 0 Å². The minimum atomic E-state index is -3.88. The van der Waals surface area contributed by atoms with Gasteiger partial charge in [0.25, 0.3) is 0 Å². The molecule has 2 N–H and O–H groups in total. The summed E-state index contributed by atoms with van der Waals surface area (Å²) in [6.45, 7) is 0. The lowest BCUT2D eigenvalue weighted by molar-refractivity contribution is 0.333. The summed E-state index contributed by atoms with van der Waals surface area (Å²) in [5.74, 6) is 4.68. The van der Waals surface area contributed by atoms with Crippen molar-refractivity contribution in [3.8, 4) is 0 Å². The first-order valence-electron chi connectivity index (χ1n) is 5.32. The Morgan fingerprint density at radius 3 is 1.89 bits per heavy atom. The first-order chi connectivity index (χ1) is 9.12. The van der Waals surface area contributed by atoms with Gasteiger partial charge in [0.15, 0.2) is 0 Å². The van der Waals surface area contributed by atoms with Crippen LogP contribution in [0.15, 0.2) is 69.7 Å². The van der Waals surface area contributed by atoms with Crippen LogP contribution in [0.25, 0.3) is 0 Å². The maximum Gasteiger partial charge on any atom is 0.312 e. The van der Waals surface area contributed by atoms with Crippen LogP contribution in [-0.4, -0.2) is 8.42 Å². The first kappa shape index (κ1) is 13.3. The molecule has 0 aromatic heterocycles. The fourth-order valence-electron chi connectivity index (χ4n) is 1.35. The van der Waals surface area contributed by atoms with Gasteiger partial charge in [-0.05, 0) is 36.4 Å². The summed E-state index contributed by atoms with van der Waals surface area (Å²) in [4.78, 5) is -0.0336. The molecule has 6 nitrogen and oxygen atoms in total. The molecule has 0 aliphatic heterocycles. The third-order valence-electron chi connectivity index (χ3n) is 2.29. The quantitative estimate of drug-likeness (QED) is 0.686. The van der Waals surface area contributed by atoms with Crippen molar-refractivity contribution in [1.29, 1.82) is 0 Å². The van der Waals surface area contributed by atoms with E-state index >= 15 is 0 Å². The molecule has 0 bridgehead atoms. The Kier molecular flexibility index (Phi) is 4.00. The minimum Gasteiger partial charge on any atom is -0.197 e. The van der Waals surface area contributed by atoms with E-state index in [1.807, 2.05) is 30.3 Å². The lowest BCUT2D eigenvalue weighted by Crippen LogP contribution is -2.10. The van der Waals surface area contributed by atoms with Gasteiger partial charge in [-0.3, -0.25) is 0 Å². The molecule has 0 aliphatic rings. The second-order valence-electron chi connectivity index (χ2n) is 3.58. The molecule has 0 amide bonds. The average Bonchev–Trinajstić information content (AvgIpc) is 2.47. The highest BCUT2D eigenvalue weighted by Crippen LogP contribution is 2.20. The fraction of sp³-hybridized carbons (Fsp3) is 0. The van der Waals surface area contributed by atoms with Crippen LogP contribution >= 0.6 is 0 Å². The smallest absolute Gasteiger partial charge is 0.197 e. The number of nitrogens with zero attached hydrogens (tertiary/aromatic N) is 2. The van der Waals surface area contributed by atoms with Crippen molar-refractivity contribution in [2.45, 2.75) is 4.90 Å². The lowest BCUT2D eigenvalue weighted by Gasteiger charge is -2.00. The highest BCUT2D eigenvalue weighted by molar-refractivity contribution is 7.86. The van der Waals surface area contributed by atoms with Crippen molar-refractivity contribution in [2.24, 2.45) is 16.1 Å². The predicted molar refractivity (Wildman–Crippen MR) is 69.5 cm³/mol. The minimum absolute atomic E-state index is 0.0336. The maximum absolute atomic E-state index is 11.3. The Morgan fingerprint density at radius 2 is 1.37 bits per heavy atom. The Hall–Kier alpha value is -2.09. The second kappa shape index (κ2) is 5.70. The average molecular weight is 277 g/mol. The van der Waals surface area contributed by atoms with Crippen LogP contribution in [0.1, 0.15) is 0 Å². The molecule has 0 saturated heterocycles. The van der Waals surface area contributed by atoms with Gasteiger partial charge in [0.05, 0.1) is 16.3 Å². The molecule has 2 aromatic carbocycles. The van der Waals surface area contributed by atoms with Crippen LogP contribution in [0.4, 0.5) is 11.4 Å². The van der Waals surface area contributed by atoms with Crippen LogP contribution in [0.5, 0.6) is 0 Å².